The summed E-state index contributed by atoms with van der Waals surface area (Å²) in [6.07, 6.45) is 6.60. The smallest absolute Gasteiger partial charge is 0.220 e. The largest absolute Gasteiger partial charge is 0.353 e. The van der Waals surface area contributed by atoms with Crippen LogP contribution in [0.15, 0.2) is 0 Å². The van der Waals surface area contributed by atoms with Gasteiger partial charge in [-0.05, 0) is 25.2 Å². The zero-order valence-corrected chi connectivity index (χ0v) is 8.81. The van der Waals surface area contributed by atoms with Gasteiger partial charge in [0.25, 0.3) is 0 Å². The van der Waals surface area contributed by atoms with E-state index in [0.717, 1.165) is 12.3 Å². The van der Waals surface area contributed by atoms with Crippen molar-refractivity contribution in [1.29, 1.82) is 0 Å². The predicted molar refractivity (Wildman–Crippen MR) is 54.5 cm³/mol. The molecule has 1 fully saturated rings. The van der Waals surface area contributed by atoms with Crippen molar-refractivity contribution in [1.82, 2.24) is 5.32 Å². The van der Waals surface area contributed by atoms with Crippen molar-refractivity contribution in [3.63, 3.8) is 0 Å². The van der Waals surface area contributed by atoms with Crippen LogP contribution in [-0.2, 0) is 4.79 Å². The van der Waals surface area contributed by atoms with Crippen LogP contribution in [0.1, 0.15) is 52.4 Å². The van der Waals surface area contributed by atoms with Gasteiger partial charge in [-0.25, -0.2) is 0 Å². The molecule has 2 heteroatoms. The summed E-state index contributed by atoms with van der Waals surface area (Å²) in [5.74, 6) is 1.03. The third kappa shape index (κ3) is 3.79. The van der Waals surface area contributed by atoms with Crippen LogP contribution in [-0.4, -0.2) is 11.9 Å². The van der Waals surface area contributed by atoms with Crippen LogP contribution in [0.2, 0.25) is 0 Å². The summed E-state index contributed by atoms with van der Waals surface area (Å²) in [6.45, 7) is 4.32. The van der Waals surface area contributed by atoms with Crippen molar-refractivity contribution in [3.8, 4) is 0 Å². The monoisotopic (exact) mass is 183 g/mol. The van der Waals surface area contributed by atoms with E-state index < -0.39 is 0 Å². The standard InChI is InChI=1S/C11H21NO/c1-3-5-11(13)12-10-7-4-6-9(2)8-10/h9-10H,3-8H2,1-2H3,(H,12,13). The minimum absolute atomic E-state index is 0.238. The average molecular weight is 183 g/mol. The Morgan fingerprint density at radius 2 is 2.23 bits per heavy atom. The SMILES string of the molecule is CCCC(=O)NC1CCCC(C)C1. The highest BCUT2D eigenvalue weighted by Gasteiger charge is 2.19. The molecule has 1 aliphatic carbocycles. The van der Waals surface area contributed by atoms with Gasteiger partial charge in [0.2, 0.25) is 5.91 Å². The number of nitrogens with one attached hydrogen (secondary N) is 1. The molecule has 1 aliphatic rings. The Balaban J connectivity index is 2.23. The molecule has 0 bridgehead atoms. The van der Waals surface area contributed by atoms with Gasteiger partial charge in [0.05, 0.1) is 0 Å². The maximum atomic E-state index is 11.3. The second kappa shape index (κ2) is 5.25. The van der Waals surface area contributed by atoms with E-state index in [1.807, 2.05) is 6.92 Å². The molecule has 0 saturated heterocycles. The highest BCUT2D eigenvalue weighted by molar-refractivity contribution is 5.76. The fourth-order valence-corrected chi connectivity index (χ4v) is 2.09. The Bertz CT molecular complexity index is 167. The Morgan fingerprint density at radius 1 is 1.46 bits per heavy atom. The molecule has 0 spiro atoms. The fraction of sp³-hybridized carbons (Fsp3) is 0.909. The number of amides is 1. The van der Waals surface area contributed by atoms with Crippen LogP contribution < -0.4 is 5.32 Å². The summed E-state index contributed by atoms with van der Waals surface area (Å²) < 4.78 is 0. The summed E-state index contributed by atoms with van der Waals surface area (Å²) in [5.41, 5.74) is 0. The van der Waals surface area contributed by atoms with Crippen molar-refractivity contribution in [2.45, 2.75) is 58.4 Å². The van der Waals surface area contributed by atoms with Crippen molar-refractivity contribution in [2.75, 3.05) is 0 Å². The fourth-order valence-electron chi connectivity index (χ4n) is 2.09. The van der Waals surface area contributed by atoms with Crippen LogP contribution in [0.4, 0.5) is 0 Å². The lowest BCUT2D eigenvalue weighted by Gasteiger charge is -2.27. The highest BCUT2D eigenvalue weighted by atomic mass is 16.1. The number of carbonyl (C=O) groups is 1. The van der Waals surface area contributed by atoms with E-state index in [4.69, 9.17) is 0 Å². The number of carbonyl (C=O) groups excluding carboxylic acids is 1. The van der Waals surface area contributed by atoms with Gasteiger partial charge in [0, 0.05) is 12.5 Å². The summed E-state index contributed by atoms with van der Waals surface area (Å²) in [7, 11) is 0. The first-order valence-corrected chi connectivity index (χ1v) is 5.51. The lowest BCUT2D eigenvalue weighted by Crippen LogP contribution is -2.37. The molecule has 0 aromatic rings. The van der Waals surface area contributed by atoms with Crippen LogP contribution in [0.3, 0.4) is 0 Å². The average Bonchev–Trinajstić information content (AvgIpc) is 2.04. The molecule has 0 aromatic carbocycles. The summed E-state index contributed by atoms with van der Waals surface area (Å²) in [6, 6.07) is 0.461. The summed E-state index contributed by atoms with van der Waals surface area (Å²) in [4.78, 5) is 11.3. The van der Waals surface area contributed by atoms with Gasteiger partial charge >= 0.3 is 0 Å². The van der Waals surface area contributed by atoms with Gasteiger partial charge in [-0.15, -0.1) is 0 Å². The molecular weight excluding hydrogens is 162 g/mol. The molecule has 76 valence electrons. The normalized spacial score (nSPS) is 28.5. The van der Waals surface area contributed by atoms with Crippen LogP contribution >= 0.6 is 0 Å². The number of hydrogen-bond donors (Lipinski definition) is 1. The van der Waals surface area contributed by atoms with E-state index in [1.165, 1.54) is 25.7 Å². The zero-order valence-electron chi connectivity index (χ0n) is 8.81. The Labute approximate surface area is 81.1 Å². The molecule has 1 amide bonds. The first kappa shape index (κ1) is 10.6. The highest BCUT2D eigenvalue weighted by Crippen LogP contribution is 2.23. The van der Waals surface area contributed by atoms with E-state index in [1.54, 1.807) is 0 Å². The maximum Gasteiger partial charge on any atom is 0.220 e. The van der Waals surface area contributed by atoms with Crippen LogP contribution in [0, 0.1) is 5.92 Å². The second-order valence-electron chi connectivity index (χ2n) is 4.29. The molecule has 0 radical (unpaired) electrons. The Hall–Kier alpha value is -0.530. The lowest BCUT2D eigenvalue weighted by molar-refractivity contribution is -0.122. The van der Waals surface area contributed by atoms with Crippen molar-refractivity contribution in [2.24, 2.45) is 5.92 Å². The molecule has 1 rings (SSSR count). The minimum Gasteiger partial charge on any atom is -0.353 e. The summed E-state index contributed by atoms with van der Waals surface area (Å²) >= 11 is 0. The Morgan fingerprint density at radius 3 is 2.85 bits per heavy atom. The lowest BCUT2D eigenvalue weighted by atomic mass is 9.87. The molecule has 0 heterocycles. The van der Waals surface area contributed by atoms with Crippen molar-refractivity contribution in [3.05, 3.63) is 0 Å². The van der Waals surface area contributed by atoms with Gasteiger partial charge in [-0.3, -0.25) is 4.79 Å². The van der Waals surface area contributed by atoms with E-state index in [0.29, 0.717) is 12.5 Å². The van der Waals surface area contributed by atoms with Gasteiger partial charge in [-0.1, -0.05) is 26.7 Å². The number of rotatable bonds is 3. The maximum absolute atomic E-state index is 11.3. The van der Waals surface area contributed by atoms with Gasteiger partial charge < -0.3 is 5.32 Å². The van der Waals surface area contributed by atoms with Crippen LogP contribution in [0.5, 0.6) is 0 Å². The van der Waals surface area contributed by atoms with E-state index in [2.05, 4.69) is 12.2 Å². The molecule has 2 atom stereocenters. The second-order valence-corrected chi connectivity index (χ2v) is 4.29. The van der Waals surface area contributed by atoms with E-state index >= 15 is 0 Å². The van der Waals surface area contributed by atoms with Crippen molar-refractivity contribution < 1.29 is 4.79 Å². The molecule has 0 aromatic heterocycles. The predicted octanol–water partition coefficient (Wildman–Crippen LogP) is 2.48. The van der Waals surface area contributed by atoms with E-state index in [9.17, 15) is 4.79 Å². The molecule has 2 unspecified atom stereocenters. The molecule has 1 saturated carbocycles. The molecule has 0 aliphatic heterocycles. The third-order valence-corrected chi connectivity index (χ3v) is 2.78. The van der Waals surface area contributed by atoms with E-state index in [-0.39, 0.29) is 5.91 Å². The number of hydrogen-bond acceptors (Lipinski definition) is 1. The Kier molecular flexibility index (Phi) is 4.26. The van der Waals surface area contributed by atoms with Gasteiger partial charge in [0.1, 0.15) is 0 Å². The molecule has 2 nitrogen and oxygen atoms in total. The molecule has 13 heavy (non-hydrogen) atoms. The molecular formula is C11H21NO. The summed E-state index contributed by atoms with van der Waals surface area (Å²) in [5, 5.41) is 3.11. The third-order valence-electron chi connectivity index (χ3n) is 2.78. The zero-order chi connectivity index (χ0) is 9.68. The van der Waals surface area contributed by atoms with Gasteiger partial charge in [0.15, 0.2) is 0 Å². The van der Waals surface area contributed by atoms with Crippen LogP contribution in [0.25, 0.3) is 0 Å². The first-order chi connectivity index (χ1) is 6.22. The quantitative estimate of drug-likeness (QED) is 0.715. The molecule has 1 N–H and O–H groups in total. The first-order valence-electron chi connectivity index (χ1n) is 5.51. The van der Waals surface area contributed by atoms with Gasteiger partial charge in [-0.2, -0.15) is 0 Å². The topological polar surface area (TPSA) is 29.1 Å². The minimum atomic E-state index is 0.238. The van der Waals surface area contributed by atoms with Crippen molar-refractivity contribution >= 4 is 5.91 Å².